The summed E-state index contributed by atoms with van der Waals surface area (Å²) in [5, 5.41) is 2.25. The van der Waals surface area contributed by atoms with E-state index >= 15 is 0 Å². The van der Waals surface area contributed by atoms with Crippen molar-refractivity contribution in [2.75, 3.05) is 0 Å². The van der Waals surface area contributed by atoms with Crippen LogP contribution in [0.5, 0.6) is 0 Å². The monoisotopic (exact) mass is 321 g/mol. The molecular weight excluding hydrogens is 306 g/mol. The van der Waals surface area contributed by atoms with Gasteiger partial charge in [0.1, 0.15) is 11.2 Å². The van der Waals surface area contributed by atoms with Crippen molar-refractivity contribution < 1.29 is 4.42 Å². The van der Waals surface area contributed by atoms with E-state index in [9.17, 15) is 0 Å². The first-order chi connectivity index (χ1) is 12.4. The van der Waals surface area contributed by atoms with Crippen LogP contribution in [0.1, 0.15) is 0 Å². The van der Waals surface area contributed by atoms with E-state index in [2.05, 4.69) is 65.6 Å². The maximum absolute atomic E-state index is 6.26. The van der Waals surface area contributed by atoms with Gasteiger partial charge in [-0.2, -0.15) is 0 Å². The van der Waals surface area contributed by atoms with Crippen molar-refractivity contribution in [3.05, 3.63) is 91.1 Å². The highest BCUT2D eigenvalue weighted by Gasteiger charge is 2.13. The quantitative estimate of drug-likeness (QED) is 0.380. The molecule has 0 amide bonds. The molecule has 0 aliphatic rings. The van der Waals surface area contributed by atoms with Crippen LogP contribution in [-0.4, -0.2) is 4.98 Å². The highest BCUT2D eigenvalue weighted by Crippen LogP contribution is 2.36. The van der Waals surface area contributed by atoms with Gasteiger partial charge in [-0.3, -0.25) is 4.98 Å². The van der Waals surface area contributed by atoms with E-state index in [1.54, 1.807) is 0 Å². The van der Waals surface area contributed by atoms with Gasteiger partial charge in [0, 0.05) is 22.5 Å². The van der Waals surface area contributed by atoms with Crippen LogP contribution in [0.2, 0.25) is 0 Å². The Morgan fingerprint density at radius 1 is 0.640 bits per heavy atom. The normalized spacial score (nSPS) is 11.2. The first-order valence-electron chi connectivity index (χ1n) is 8.32. The Hall–Kier alpha value is -3.39. The molecule has 0 N–H and O–H groups in total. The minimum Gasteiger partial charge on any atom is -0.455 e. The SMILES string of the molecule is c1ccc(-c2ccc3c(c2)oc2c(-c4ccccn4)cccc23)cc1. The lowest BCUT2D eigenvalue weighted by atomic mass is 10.0. The molecule has 0 unspecified atom stereocenters. The standard InChI is InChI=1S/C23H15NO/c1-2-7-16(8-3-1)17-12-13-18-19-9-6-10-20(21-11-4-5-14-24-21)23(19)25-22(18)15-17/h1-15H. The number of fused-ring (bicyclic) bond motifs is 3. The fraction of sp³-hybridized carbons (Fsp3) is 0. The van der Waals surface area contributed by atoms with Crippen molar-refractivity contribution >= 4 is 21.9 Å². The molecule has 0 aliphatic heterocycles. The lowest BCUT2D eigenvalue weighted by Gasteiger charge is -2.00. The number of rotatable bonds is 2. The van der Waals surface area contributed by atoms with Gasteiger partial charge in [-0.15, -0.1) is 0 Å². The lowest BCUT2D eigenvalue weighted by molar-refractivity contribution is 0.670. The van der Waals surface area contributed by atoms with Gasteiger partial charge in [0.05, 0.1) is 5.69 Å². The maximum atomic E-state index is 6.26. The Labute approximate surface area is 145 Å². The summed E-state index contributed by atoms with van der Waals surface area (Å²) in [4.78, 5) is 4.47. The molecule has 5 aromatic rings. The molecule has 0 bridgehead atoms. The molecule has 2 heteroatoms. The van der Waals surface area contributed by atoms with Crippen molar-refractivity contribution in [3.63, 3.8) is 0 Å². The predicted octanol–water partition coefficient (Wildman–Crippen LogP) is 6.32. The third-order valence-electron chi connectivity index (χ3n) is 4.55. The van der Waals surface area contributed by atoms with E-state index < -0.39 is 0 Å². The molecule has 2 aromatic heterocycles. The molecule has 25 heavy (non-hydrogen) atoms. The van der Waals surface area contributed by atoms with Gasteiger partial charge in [-0.1, -0.05) is 54.6 Å². The highest BCUT2D eigenvalue weighted by atomic mass is 16.3. The molecule has 0 aliphatic carbocycles. The summed E-state index contributed by atoms with van der Waals surface area (Å²) in [6, 6.07) is 28.9. The van der Waals surface area contributed by atoms with Crippen LogP contribution in [0, 0.1) is 0 Å². The number of para-hydroxylation sites is 1. The number of nitrogens with zero attached hydrogens (tertiary/aromatic N) is 1. The summed E-state index contributed by atoms with van der Waals surface area (Å²) in [5.41, 5.74) is 6.09. The van der Waals surface area contributed by atoms with Crippen LogP contribution in [0.25, 0.3) is 44.3 Å². The van der Waals surface area contributed by atoms with E-state index in [1.165, 1.54) is 5.56 Å². The second-order valence-corrected chi connectivity index (χ2v) is 6.08. The topological polar surface area (TPSA) is 26.0 Å². The van der Waals surface area contributed by atoms with E-state index in [0.29, 0.717) is 0 Å². The molecule has 2 nitrogen and oxygen atoms in total. The van der Waals surface area contributed by atoms with Gasteiger partial charge in [0.25, 0.3) is 0 Å². The van der Waals surface area contributed by atoms with E-state index in [1.807, 2.05) is 30.5 Å². The van der Waals surface area contributed by atoms with E-state index in [0.717, 1.165) is 38.8 Å². The van der Waals surface area contributed by atoms with Crippen LogP contribution >= 0.6 is 0 Å². The summed E-state index contributed by atoms with van der Waals surface area (Å²) in [6.45, 7) is 0. The highest BCUT2D eigenvalue weighted by molar-refractivity contribution is 6.10. The molecule has 0 saturated carbocycles. The second kappa shape index (κ2) is 5.60. The number of pyridine rings is 1. The van der Waals surface area contributed by atoms with Crippen molar-refractivity contribution in [1.82, 2.24) is 4.98 Å². The molecular formula is C23H15NO. The van der Waals surface area contributed by atoms with Crippen LogP contribution in [0.15, 0.2) is 95.5 Å². The first kappa shape index (κ1) is 14.0. The third kappa shape index (κ3) is 2.31. The lowest BCUT2D eigenvalue weighted by Crippen LogP contribution is -1.81. The summed E-state index contributed by atoms with van der Waals surface area (Å²) in [6.07, 6.45) is 1.81. The Kier molecular flexibility index (Phi) is 3.14. The van der Waals surface area contributed by atoms with Crippen molar-refractivity contribution in [2.24, 2.45) is 0 Å². The van der Waals surface area contributed by atoms with Gasteiger partial charge in [0.15, 0.2) is 0 Å². The molecule has 0 radical (unpaired) electrons. The zero-order valence-electron chi connectivity index (χ0n) is 13.5. The number of hydrogen-bond donors (Lipinski definition) is 0. The van der Waals surface area contributed by atoms with Crippen molar-refractivity contribution in [2.45, 2.75) is 0 Å². The summed E-state index contributed by atoms with van der Waals surface area (Å²) in [5.74, 6) is 0. The zero-order chi connectivity index (χ0) is 16.6. The van der Waals surface area contributed by atoms with Gasteiger partial charge in [0.2, 0.25) is 0 Å². The van der Waals surface area contributed by atoms with Gasteiger partial charge in [-0.05, 0) is 41.5 Å². The fourth-order valence-corrected chi connectivity index (χ4v) is 3.33. The van der Waals surface area contributed by atoms with Crippen LogP contribution in [-0.2, 0) is 0 Å². The minimum absolute atomic E-state index is 0.890. The van der Waals surface area contributed by atoms with Gasteiger partial charge < -0.3 is 4.42 Å². The number of hydrogen-bond acceptors (Lipinski definition) is 2. The van der Waals surface area contributed by atoms with E-state index in [4.69, 9.17) is 4.42 Å². The third-order valence-corrected chi connectivity index (χ3v) is 4.55. The molecule has 118 valence electrons. The van der Waals surface area contributed by atoms with Crippen LogP contribution in [0.4, 0.5) is 0 Å². The molecule has 0 atom stereocenters. The van der Waals surface area contributed by atoms with Gasteiger partial charge >= 0.3 is 0 Å². The Morgan fingerprint density at radius 3 is 2.36 bits per heavy atom. The van der Waals surface area contributed by atoms with Crippen LogP contribution < -0.4 is 0 Å². The zero-order valence-corrected chi connectivity index (χ0v) is 13.5. The molecule has 3 aromatic carbocycles. The summed E-state index contributed by atoms with van der Waals surface area (Å²) >= 11 is 0. The number of aromatic nitrogens is 1. The van der Waals surface area contributed by atoms with Crippen molar-refractivity contribution in [1.29, 1.82) is 0 Å². The molecule has 0 saturated heterocycles. The van der Waals surface area contributed by atoms with Crippen molar-refractivity contribution in [3.8, 4) is 22.4 Å². The molecule has 0 fully saturated rings. The number of benzene rings is 3. The summed E-state index contributed by atoms with van der Waals surface area (Å²) < 4.78 is 6.26. The Balaban J connectivity index is 1.76. The minimum atomic E-state index is 0.890. The molecule has 0 spiro atoms. The average Bonchev–Trinajstić information content (AvgIpc) is 3.07. The summed E-state index contributed by atoms with van der Waals surface area (Å²) in [7, 11) is 0. The fourth-order valence-electron chi connectivity index (χ4n) is 3.33. The predicted molar refractivity (Wildman–Crippen MR) is 102 cm³/mol. The molecule has 2 heterocycles. The van der Waals surface area contributed by atoms with Gasteiger partial charge in [-0.25, -0.2) is 0 Å². The Morgan fingerprint density at radius 2 is 1.52 bits per heavy atom. The molecule has 5 rings (SSSR count). The average molecular weight is 321 g/mol. The Bertz CT molecular complexity index is 1170. The largest absolute Gasteiger partial charge is 0.455 e. The van der Waals surface area contributed by atoms with E-state index in [-0.39, 0.29) is 0 Å². The number of furan rings is 1. The second-order valence-electron chi connectivity index (χ2n) is 6.08. The van der Waals surface area contributed by atoms with Crippen LogP contribution in [0.3, 0.4) is 0 Å². The smallest absolute Gasteiger partial charge is 0.144 e. The maximum Gasteiger partial charge on any atom is 0.144 e. The first-order valence-corrected chi connectivity index (χ1v) is 8.32.